The number of nitrogens with zero attached hydrogens (tertiary/aromatic N) is 2. The lowest BCUT2D eigenvalue weighted by molar-refractivity contribution is -0.117. The van der Waals surface area contributed by atoms with E-state index in [2.05, 4.69) is 4.98 Å². The van der Waals surface area contributed by atoms with Crippen LogP contribution in [0.25, 0.3) is 0 Å². The van der Waals surface area contributed by atoms with Gasteiger partial charge in [-0.3, -0.25) is 9.69 Å². The van der Waals surface area contributed by atoms with Crippen molar-refractivity contribution in [3.63, 3.8) is 0 Å². The molecule has 1 aromatic heterocycles. The Morgan fingerprint density at radius 3 is 2.63 bits per heavy atom. The van der Waals surface area contributed by atoms with Crippen molar-refractivity contribution in [2.45, 2.75) is 31.4 Å². The van der Waals surface area contributed by atoms with E-state index >= 15 is 0 Å². The molecule has 1 amide bonds. The fraction of sp³-hybridized carbons (Fsp3) is 0.500. The Morgan fingerprint density at radius 1 is 1.42 bits per heavy atom. The number of amides is 1. The van der Waals surface area contributed by atoms with Crippen LogP contribution in [0.3, 0.4) is 0 Å². The first kappa shape index (κ1) is 13.9. The number of aromatic nitrogens is 1. The molecule has 0 N–H and O–H groups in total. The minimum Gasteiger partial charge on any atom is -0.295 e. The molecule has 2 heterocycles. The van der Waals surface area contributed by atoms with Gasteiger partial charge in [-0.1, -0.05) is 19.9 Å². The monoisotopic (exact) mass is 286 g/mol. The van der Waals surface area contributed by atoms with Crippen molar-refractivity contribution in [1.82, 2.24) is 4.98 Å². The minimum atomic E-state index is -4.69. The Labute approximate surface area is 111 Å². The van der Waals surface area contributed by atoms with Crippen LogP contribution in [0.5, 0.6) is 0 Å². The van der Waals surface area contributed by atoms with Gasteiger partial charge in [-0.2, -0.15) is 8.42 Å². The van der Waals surface area contributed by atoms with Crippen LogP contribution in [0.2, 0.25) is 0 Å². The van der Waals surface area contributed by atoms with E-state index in [-0.39, 0.29) is 18.9 Å². The second-order valence-corrected chi connectivity index (χ2v) is 6.50. The molecule has 2 rings (SSSR count). The summed E-state index contributed by atoms with van der Waals surface area (Å²) in [5.41, 5.74) is 0.803. The Morgan fingerprint density at radius 2 is 2.11 bits per heavy atom. The molecule has 104 valence electrons. The zero-order chi connectivity index (χ0) is 14.2. The largest absolute Gasteiger partial charge is 0.307 e. The van der Waals surface area contributed by atoms with Crippen LogP contribution in [0.4, 0.5) is 9.70 Å². The van der Waals surface area contributed by atoms with E-state index < -0.39 is 21.4 Å². The summed E-state index contributed by atoms with van der Waals surface area (Å²) in [7, 11) is -4.69. The van der Waals surface area contributed by atoms with Gasteiger partial charge in [-0.25, -0.2) is 4.98 Å². The first-order valence-electron chi connectivity index (χ1n) is 6.00. The van der Waals surface area contributed by atoms with Crippen molar-refractivity contribution >= 4 is 21.9 Å². The highest BCUT2D eigenvalue weighted by Crippen LogP contribution is 2.25. The van der Waals surface area contributed by atoms with E-state index in [9.17, 15) is 17.1 Å². The number of carbonyl (C=O) groups excluding carboxylic acids is 1. The highest BCUT2D eigenvalue weighted by Gasteiger charge is 2.39. The zero-order valence-corrected chi connectivity index (χ0v) is 11.5. The molecule has 0 bridgehead atoms. The van der Waals surface area contributed by atoms with Gasteiger partial charge in [0.2, 0.25) is 5.91 Å². The molecule has 1 aromatic rings. The third-order valence-corrected chi connectivity index (χ3v) is 4.22. The molecule has 1 aliphatic rings. The van der Waals surface area contributed by atoms with Crippen molar-refractivity contribution in [1.29, 1.82) is 0 Å². The molecule has 1 unspecified atom stereocenters. The normalized spacial score (nSPS) is 20.3. The maximum Gasteiger partial charge on any atom is 0.307 e. The van der Waals surface area contributed by atoms with Crippen molar-refractivity contribution in [2.75, 3.05) is 11.4 Å². The van der Waals surface area contributed by atoms with Gasteiger partial charge in [0.15, 0.2) is 0 Å². The number of halogens is 1. The van der Waals surface area contributed by atoms with E-state index in [0.29, 0.717) is 5.82 Å². The van der Waals surface area contributed by atoms with Crippen LogP contribution >= 0.6 is 0 Å². The lowest BCUT2D eigenvalue weighted by Gasteiger charge is -2.16. The number of pyridine rings is 1. The molecule has 19 heavy (non-hydrogen) atoms. The Bertz CT molecular complexity index is 601. The zero-order valence-electron chi connectivity index (χ0n) is 10.7. The molecule has 0 radical (unpaired) electrons. The number of hydrogen-bond donors (Lipinski definition) is 0. The second-order valence-electron chi connectivity index (χ2n) is 4.88. The van der Waals surface area contributed by atoms with Crippen molar-refractivity contribution in [3.8, 4) is 0 Å². The van der Waals surface area contributed by atoms with Gasteiger partial charge in [0, 0.05) is 18.7 Å². The van der Waals surface area contributed by atoms with Gasteiger partial charge in [0.25, 0.3) is 0 Å². The Balaban J connectivity index is 2.28. The maximum atomic E-state index is 12.9. The second kappa shape index (κ2) is 4.88. The van der Waals surface area contributed by atoms with E-state index in [1.54, 1.807) is 12.1 Å². The molecule has 0 aromatic carbocycles. The third kappa shape index (κ3) is 2.91. The molecule has 1 atom stereocenters. The van der Waals surface area contributed by atoms with Crippen LogP contribution < -0.4 is 4.90 Å². The molecule has 7 heteroatoms. The van der Waals surface area contributed by atoms with E-state index in [4.69, 9.17) is 0 Å². The van der Waals surface area contributed by atoms with Crippen molar-refractivity contribution in [2.24, 2.45) is 0 Å². The molecular formula is C12H15FN2O3S. The molecule has 1 aliphatic heterocycles. The Hall–Kier alpha value is -1.50. The topological polar surface area (TPSA) is 67.3 Å². The summed E-state index contributed by atoms with van der Waals surface area (Å²) in [6.45, 7) is 3.76. The summed E-state index contributed by atoms with van der Waals surface area (Å²) in [5, 5.41) is -1.29. The first-order valence-corrected chi connectivity index (χ1v) is 7.44. The highest BCUT2D eigenvalue weighted by atomic mass is 32.3. The SMILES string of the molecule is CC(C)c1cccc(N2CC(S(=O)(=O)F)CC2=O)n1. The predicted molar refractivity (Wildman–Crippen MR) is 69.1 cm³/mol. The molecule has 1 fully saturated rings. The summed E-state index contributed by atoms with van der Waals surface area (Å²) < 4.78 is 34.7. The smallest absolute Gasteiger partial charge is 0.295 e. The maximum absolute atomic E-state index is 12.9. The first-order chi connectivity index (χ1) is 8.79. The van der Waals surface area contributed by atoms with Gasteiger partial charge < -0.3 is 0 Å². The van der Waals surface area contributed by atoms with Crippen molar-refractivity contribution < 1.29 is 17.1 Å². The van der Waals surface area contributed by atoms with Crippen LogP contribution in [0.1, 0.15) is 31.9 Å². The van der Waals surface area contributed by atoms with Gasteiger partial charge in [-0.15, -0.1) is 3.89 Å². The fourth-order valence-corrected chi connectivity index (χ4v) is 2.67. The summed E-state index contributed by atoms with van der Waals surface area (Å²) in [6.07, 6.45) is -0.327. The number of rotatable bonds is 3. The average molecular weight is 286 g/mol. The van der Waals surface area contributed by atoms with Crippen LogP contribution in [0, 0.1) is 0 Å². The summed E-state index contributed by atoms with van der Waals surface area (Å²) in [5.74, 6) is 0.153. The lowest BCUT2D eigenvalue weighted by atomic mass is 10.1. The summed E-state index contributed by atoms with van der Waals surface area (Å²) in [6, 6.07) is 5.21. The molecule has 0 aliphatic carbocycles. The number of hydrogen-bond acceptors (Lipinski definition) is 4. The van der Waals surface area contributed by atoms with Gasteiger partial charge in [0.1, 0.15) is 11.1 Å². The fourth-order valence-electron chi connectivity index (χ4n) is 2.00. The molecular weight excluding hydrogens is 271 g/mol. The standard InChI is InChI=1S/C12H15FN2O3S/c1-8(2)10-4-3-5-11(14-10)15-7-9(6-12(15)16)19(13,17)18/h3-5,8-9H,6-7H2,1-2H3. The lowest BCUT2D eigenvalue weighted by Crippen LogP contribution is -2.27. The average Bonchev–Trinajstić information content (AvgIpc) is 2.71. The molecule has 5 nitrogen and oxygen atoms in total. The minimum absolute atomic E-state index is 0.174. The quantitative estimate of drug-likeness (QED) is 0.792. The predicted octanol–water partition coefficient (Wildman–Crippen LogP) is 1.61. The summed E-state index contributed by atoms with van der Waals surface area (Å²) >= 11 is 0. The van der Waals surface area contributed by atoms with Crippen LogP contribution in [0.15, 0.2) is 18.2 Å². The molecule has 0 saturated carbocycles. The number of anilines is 1. The van der Waals surface area contributed by atoms with Gasteiger partial charge >= 0.3 is 10.2 Å². The van der Waals surface area contributed by atoms with E-state index in [1.165, 1.54) is 4.90 Å². The molecule has 1 saturated heterocycles. The van der Waals surface area contributed by atoms with Gasteiger partial charge in [-0.05, 0) is 18.1 Å². The van der Waals surface area contributed by atoms with E-state index in [0.717, 1.165) is 5.69 Å². The Kier molecular flexibility index (Phi) is 3.58. The van der Waals surface area contributed by atoms with E-state index in [1.807, 2.05) is 19.9 Å². The van der Waals surface area contributed by atoms with Crippen LogP contribution in [-0.4, -0.2) is 31.1 Å². The van der Waals surface area contributed by atoms with Crippen molar-refractivity contribution in [3.05, 3.63) is 23.9 Å². The van der Waals surface area contributed by atoms with Crippen LogP contribution in [-0.2, 0) is 15.0 Å². The molecule has 0 spiro atoms. The highest BCUT2D eigenvalue weighted by molar-refractivity contribution is 7.87. The third-order valence-electron chi connectivity index (χ3n) is 3.11. The summed E-state index contributed by atoms with van der Waals surface area (Å²) in [4.78, 5) is 17.3. The number of carbonyl (C=O) groups is 1. The van der Waals surface area contributed by atoms with Gasteiger partial charge in [0.05, 0.1) is 0 Å².